The van der Waals surface area contributed by atoms with Gasteiger partial charge in [-0.15, -0.1) is 6.58 Å². The predicted molar refractivity (Wildman–Crippen MR) is 196 cm³/mol. The smallest absolute Gasteiger partial charge is 0.309 e. The van der Waals surface area contributed by atoms with Crippen LogP contribution in [0.5, 0.6) is 11.5 Å². The summed E-state index contributed by atoms with van der Waals surface area (Å²) >= 11 is 0. The number of fused-ring (bicyclic) bond motifs is 7. The first kappa shape index (κ1) is 35.6. The summed E-state index contributed by atoms with van der Waals surface area (Å²) in [6.07, 6.45) is 15.7. The number of phenolic OH excluding ortho intramolecular Hbond substituents is 2. The minimum atomic E-state index is -0.641. The molecule has 0 bridgehead atoms. The average Bonchev–Trinajstić information content (AvgIpc) is 3.08. The van der Waals surface area contributed by atoms with Crippen LogP contribution in [0.1, 0.15) is 108 Å². The quantitative estimate of drug-likeness (QED) is 0.169. The van der Waals surface area contributed by atoms with Crippen molar-refractivity contribution < 1.29 is 29.7 Å². The zero-order valence-corrected chi connectivity index (χ0v) is 30.4. The van der Waals surface area contributed by atoms with E-state index in [9.17, 15) is 29.7 Å². The molecule has 3 saturated carbocycles. The minimum Gasteiger partial charge on any atom is -0.504 e. The topological polar surface area (TPSA) is 112 Å². The van der Waals surface area contributed by atoms with Gasteiger partial charge in [0.15, 0.2) is 23.1 Å². The van der Waals surface area contributed by atoms with E-state index in [1.165, 1.54) is 29.4 Å². The SMILES string of the molecule is C=CC(C1=CC(=O)C=CC1=O)c1ccccc1.Cc1c(O)c(O)cc2c1CC=C1C2(C)CCC2(C)C3CC(C)(C(=O)O)CCC3(C)CCC12C. The molecule has 2 aromatic rings. The van der Waals surface area contributed by atoms with Crippen LogP contribution < -0.4 is 0 Å². The van der Waals surface area contributed by atoms with Crippen LogP contribution in [0.2, 0.25) is 0 Å². The van der Waals surface area contributed by atoms with Crippen LogP contribution in [0.25, 0.3) is 0 Å². The number of carbonyl (C=O) groups is 3. The van der Waals surface area contributed by atoms with Crippen molar-refractivity contribution in [3.63, 3.8) is 0 Å². The Hall–Kier alpha value is -4.19. The van der Waals surface area contributed by atoms with E-state index < -0.39 is 11.4 Å². The third-order valence-electron chi connectivity index (χ3n) is 14.3. The lowest BCUT2D eigenvalue weighted by molar-refractivity contribution is -0.177. The second-order valence-electron chi connectivity index (χ2n) is 16.9. The van der Waals surface area contributed by atoms with Crippen LogP contribution in [0.4, 0.5) is 0 Å². The summed E-state index contributed by atoms with van der Waals surface area (Å²) in [4.78, 5) is 35.3. The number of carboxylic acid groups (broad SMARTS) is 1. The Morgan fingerprint density at radius 2 is 1.62 bits per heavy atom. The zero-order chi connectivity index (χ0) is 36.4. The molecule has 50 heavy (non-hydrogen) atoms. The van der Waals surface area contributed by atoms with E-state index in [2.05, 4.69) is 40.3 Å². The second kappa shape index (κ2) is 12.2. The fraction of sp³-hybridized carbons (Fsp3) is 0.477. The van der Waals surface area contributed by atoms with E-state index in [4.69, 9.17) is 0 Å². The number of aromatic hydroxyl groups is 2. The normalized spacial score (nSPS) is 34.7. The van der Waals surface area contributed by atoms with Gasteiger partial charge in [-0.2, -0.15) is 0 Å². The first-order chi connectivity index (χ1) is 23.4. The van der Waals surface area contributed by atoms with Gasteiger partial charge < -0.3 is 15.3 Å². The molecule has 0 saturated heterocycles. The van der Waals surface area contributed by atoms with E-state index in [-0.39, 0.29) is 50.6 Å². The average molecular weight is 677 g/mol. The van der Waals surface area contributed by atoms with Crippen molar-refractivity contribution in [3.05, 3.63) is 107 Å². The molecule has 6 heteroatoms. The third-order valence-corrected chi connectivity index (χ3v) is 14.3. The summed E-state index contributed by atoms with van der Waals surface area (Å²) in [5, 5.41) is 30.9. The van der Waals surface area contributed by atoms with Crippen LogP contribution in [-0.4, -0.2) is 32.9 Å². The van der Waals surface area contributed by atoms with E-state index in [1.54, 1.807) is 6.08 Å². The summed E-state index contributed by atoms with van der Waals surface area (Å²) in [6, 6.07) is 11.4. The van der Waals surface area contributed by atoms with Gasteiger partial charge in [0.05, 0.1) is 5.41 Å². The predicted octanol–water partition coefficient (Wildman–Crippen LogP) is 9.23. The van der Waals surface area contributed by atoms with Crippen LogP contribution in [0, 0.1) is 34.5 Å². The van der Waals surface area contributed by atoms with Gasteiger partial charge >= 0.3 is 5.97 Å². The fourth-order valence-electron chi connectivity index (χ4n) is 10.8. The summed E-state index contributed by atoms with van der Waals surface area (Å²) in [6.45, 7) is 17.3. The summed E-state index contributed by atoms with van der Waals surface area (Å²) in [7, 11) is 0. The maximum atomic E-state index is 12.3. The highest BCUT2D eigenvalue weighted by Gasteiger charge is 2.67. The van der Waals surface area contributed by atoms with Crippen molar-refractivity contribution in [3.8, 4) is 11.5 Å². The number of rotatable bonds is 4. The third kappa shape index (κ3) is 5.32. The van der Waals surface area contributed by atoms with Crippen molar-refractivity contribution in [2.75, 3.05) is 0 Å². The molecule has 2 aromatic carbocycles. The van der Waals surface area contributed by atoms with Crippen LogP contribution in [0.15, 0.2) is 84.5 Å². The molecule has 5 aliphatic carbocycles. The van der Waals surface area contributed by atoms with Gasteiger partial charge in [-0.25, -0.2) is 0 Å². The maximum Gasteiger partial charge on any atom is 0.309 e. The Balaban J connectivity index is 0.000000214. The molecule has 3 N–H and O–H groups in total. The largest absolute Gasteiger partial charge is 0.504 e. The van der Waals surface area contributed by atoms with Gasteiger partial charge in [0.1, 0.15) is 0 Å². The number of allylic oxidation sites excluding steroid dienone is 7. The first-order valence-electron chi connectivity index (χ1n) is 18.1. The lowest BCUT2D eigenvalue weighted by atomic mass is 9.34. The number of benzene rings is 2. The minimum absolute atomic E-state index is 0.00431. The Bertz CT molecular complexity index is 1870. The van der Waals surface area contributed by atoms with Gasteiger partial charge in [-0.3, -0.25) is 14.4 Å². The molecular weight excluding hydrogens is 624 g/mol. The van der Waals surface area contributed by atoms with Gasteiger partial charge in [0, 0.05) is 16.9 Å². The van der Waals surface area contributed by atoms with Gasteiger partial charge in [-0.1, -0.05) is 75.8 Å². The van der Waals surface area contributed by atoms with Crippen molar-refractivity contribution in [2.24, 2.45) is 27.6 Å². The lowest BCUT2D eigenvalue weighted by Gasteiger charge is -2.69. The van der Waals surface area contributed by atoms with Crippen molar-refractivity contribution >= 4 is 17.5 Å². The van der Waals surface area contributed by atoms with Gasteiger partial charge in [0.2, 0.25) is 0 Å². The number of hydrogen-bond acceptors (Lipinski definition) is 5. The van der Waals surface area contributed by atoms with Crippen molar-refractivity contribution in [2.45, 2.75) is 104 Å². The van der Waals surface area contributed by atoms with Crippen LogP contribution in [0.3, 0.4) is 0 Å². The van der Waals surface area contributed by atoms with Crippen molar-refractivity contribution in [1.82, 2.24) is 0 Å². The number of phenols is 2. The molecule has 264 valence electrons. The molecule has 0 aliphatic heterocycles. The molecule has 7 rings (SSSR count). The Morgan fingerprint density at radius 3 is 2.28 bits per heavy atom. The molecule has 0 amide bonds. The molecule has 0 radical (unpaired) electrons. The molecule has 6 nitrogen and oxygen atoms in total. The van der Waals surface area contributed by atoms with Crippen molar-refractivity contribution in [1.29, 1.82) is 0 Å². The molecule has 3 fully saturated rings. The summed E-state index contributed by atoms with van der Waals surface area (Å²) < 4.78 is 0. The van der Waals surface area contributed by atoms with E-state index in [1.807, 2.05) is 50.2 Å². The Labute approximate surface area is 296 Å². The van der Waals surface area contributed by atoms with Gasteiger partial charge in [-0.05, 0) is 134 Å². The molecular formula is C44H52O6. The number of carboxylic acids is 1. The Morgan fingerprint density at radius 1 is 0.940 bits per heavy atom. The second-order valence-corrected chi connectivity index (χ2v) is 16.9. The first-order valence-corrected chi connectivity index (χ1v) is 18.1. The number of hydrogen-bond donors (Lipinski definition) is 3. The van der Waals surface area contributed by atoms with Gasteiger partial charge in [0.25, 0.3) is 0 Å². The highest BCUT2D eigenvalue weighted by Crippen LogP contribution is 2.74. The zero-order valence-electron chi connectivity index (χ0n) is 30.4. The molecule has 7 unspecified atom stereocenters. The standard InChI is InChI=1S/C29H40O4.C15H12O2/c1-17-18-7-8-21-27(4,19(18)15-20(30)23(17)31)12-14-29(6)22-16-26(3,24(32)33)10-9-25(22,2)11-13-28(21,29)5;1-2-13(11-6-4-3-5-7-11)14-10-12(16)8-9-15(14)17/h8,15,22,30-31H,7,9-14,16H2,1-6H3,(H,32,33);2-10,13H,1H2. The molecule has 0 spiro atoms. The van der Waals surface area contributed by atoms with E-state index >= 15 is 0 Å². The molecule has 7 atom stereocenters. The van der Waals surface area contributed by atoms with Crippen LogP contribution >= 0.6 is 0 Å². The highest BCUT2D eigenvalue weighted by molar-refractivity contribution is 6.18. The molecule has 0 heterocycles. The van der Waals surface area contributed by atoms with E-state index in [0.29, 0.717) is 11.5 Å². The number of carbonyl (C=O) groups excluding carboxylic acids is 2. The monoisotopic (exact) mass is 676 g/mol. The number of ketones is 2. The summed E-state index contributed by atoms with van der Waals surface area (Å²) in [5.74, 6) is -0.783. The Kier molecular flexibility index (Phi) is 8.73. The lowest BCUT2D eigenvalue weighted by Crippen LogP contribution is -2.62. The molecule has 0 aromatic heterocycles. The van der Waals surface area contributed by atoms with E-state index in [0.717, 1.165) is 68.1 Å². The highest BCUT2D eigenvalue weighted by atomic mass is 16.4. The number of aliphatic carboxylic acids is 1. The fourth-order valence-corrected chi connectivity index (χ4v) is 10.8. The maximum absolute atomic E-state index is 12.3. The molecule has 5 aliphatic rings. The van der Waals surface area contributed by atoms with Crippen LogP contribution in [-0.2, 0) is 26.2 Å². The summed E-state index contributed by atoms with van der Waals surface area (Å²) in [5.41, 5.74) is 5.45.